The standard InChI is InChI=1S/C6H12BNO2/c7-3-1-2-5(4-8)6(9)10/h5H,1-4,8H2,(H,9,10). The Labute approximate surface area is 62.0 Å². The minimum Gasteiger partial charge on any atom is -0.481 e. The molecule has 0 rings (SSSR count). The Morgan fingerprint density at radius 3 is 2.60 bits per heavy atom. The number of carbonyl (C=O) groups is 1. The Kier molecular flexibility index (Phi) is 5.03. The Hall–Kier alpha value is -0.505. The molecule has 2 radical (unpaired) electrons. The number of carboxylic acids is 1. The van der Waals surface area contributed by atoms with Gasteiger partial charge in [0, 0.05) is 6.54 Å². The molecule has 3 nitrogen and oxygen atoms in total. The predicted octanol–water partition coefficient (Wildman–Crippen LogP) is 0.0129. The van der Waals surface area contributed by atoms with E-state index in [0.717, 1.165) is 6.42 Å². The van der Waals surface area contributed by atoms with Gasteiger partial charge in [-0.05, 0) is 6.42 Å². The first-order valence-corrected chi connectivity index (χ1v) is 3.35. The predicted molar refractivity (Wildman–Crippen MR) is 40.0 cm³/mol. The number of hydrogen-bond acceptors (Lipinski definition) is 2. The van der Waals surface area contributed by atoms with Gasteiger partial charge >= 0.3 is 5.97 Å². The van der Waals surface area contributed by atoms with Gasteiger partial charge in [-0.25, -0.2) is 0 Å². The maximum absolute atomic E-state index is 10.3. The lowest BCUT2D eigenvalue weighted by molar-refractivity contribution is -0.141. The molecule has 10 heavy (non-hydrogen) atoms. The van der Waals surface area contributed by atoms with Crippen LogP contribution in [0.4, 0.5) is 0 Å². The van der Waals surface area contributed by atoms with Crippen LogP contribution in [0.25, 0.3) is 0 Å². The molecule has 0 amide bonds. The molecule has 0 heterocycles. The molecule has 0 aromatic carbocycles. The summed E-state index contributed by atoms with van der Waals surface area (Å²) in [5, 5.41) is 8.48. The molecule has 56 valence electrons. The zero-order chi connectivity index (χ0) is 7.98. The lowest BCUT2D eigenvalue weighted by Crippen LogP contribution is -2.22. The van der Waals surface area contributed by atoms with Gasteiger partial charge < -0.3 is 10.8 Å². The Bertz CT molecular complexity index is 108. The maximum Gasteiger partial charge on any atom is 0.307 e. The lowest BCUT2D eigenvalue weighted by Gasteiger charge is -2.06. The molecule has 0 fully saturated rings. The quantitative estimate of drug-likeness (QED) is 0.530. The molecule has 0 spiro atoms. The summed E-state index contributed by atoms with van der Waals surface area (Å²) in [6.45, 7) is 0.204. The number of carboxylic acid groups (broad SMARTS) is 1. The van der Waals surface area contributed by atoms with Crippen molar-refractivity contribution >= 4 is 13.8 Å². The first-order valence-electron chi connectivity index (χ1n) is 3.35. The van der Waals surface area contributed by atoms with Crippen LogP contribution in [0.15, 0.2) is 0 Å². The molecule has 1 unspecified atom stereocenters. The number of hydrogen-bond donors (Lipinski definition) is 2. The first kappa shape index (κ1) is 9.49. The Morgan fingerprint density at radius 1 is 1.70 bits per heavy atom. The van der Waals surface area contributed by atoms with E-state index in [9.17, 15) is 4.79 Å². The van der Waals surface area contributed by atoms with E-state index in [0.29, 0.717) is 12.7 Å². The van der Waals surface area contributed by atoms with E-state index in [4.69, 9.17) is 18.7 Å². The van der Waals surface area contributed by atoms with E-state index in [1.54, 1.807) is 0 Å². The van der Waals surface area contributed by atoms with Crippen LogP contribution in [-0.4, -0.2) is 25.5 Å². The zero-order valence-electron chi connectivity index (χ0n) is 5.92. The smallest absolute Gasteiger partial charge is 0.307 e. The van der Waals surface area contributed by atoms with Crippen molar-refractivity contribution in [1.29, 1.82) is 0 Å². The third-order valence-electron chi connectivity index (χ3n) is 1.39. The minimum atomic E-state index is -0.823. The molecule has 1 atom stereocenters. The van der Waals surface area contributed by atoms with Crippen molar-refractivity contribution in [3.8, 4) is 0 Å². The van der Waals surface area contributed by atoms with Crippen LogP contribution in [-0.2, 0) is 4.79 Å². The van der Waals surface area contributed by atoms with Gasteiger partial charge in [-0.15, -0.1) is 0 Å². The van der Waals surface area contributed by atoms with Gasteiger partial charge in [-0.1, -0.05) is 12.7 Å². The van der Waals surface area contributed by atoms with Crippen molar-refractivity contribution in [3.63, 3.8) is 0 Å². The van der Waals surface area contributed by atoms with Crippen molar-refractivity contribution in [2.75, 3.05) is 6.54 Å². The summed E-state index contributed by atoms with van der Waals surface area (Å²) < 4.78 is 0. The molecule has 0 aliphatic rings. The maximum atomic E-state index is 10.3. The van der Waals surface area contributed by atoms with Crippen LogP contribution in [0.1, 0.15) is 12.8 Å². The van der Waals surface area contributed by atoms with Gasteiger partial charge in [0.05, 0.1) is 13.8 Å². The minimum absolute atomic E-state index is 0.204. The topological polar surface area (TPSA) is 63.3 Å². The van der Waals surface area contributed by atoms with Crippen LogP contribution in [0.3, 0.4) is 0 Å². The number of rotatable bonds is 5. The fourth-order valence-electron chi connectivity index (χ4n) is 0.706. The van der Waals surface area contributed by atoms with Crippen molar-refractivity contribution < 1.29 is 9.90 Å². The van der Waals surface area contributed by atoms with Crippen molar-refractivity contribution in [2.45, 2.75) is 19.2 Å². The van der Waals surface area contributed by atoms with E-state index in [1.807, 2.05) is 0 Å². The molecule has 0 bridgehead atoms. The fraction of sp³-hybridized carbons (Fsp3) is 0.833. The zero-order valence-corrected chi connectivity index (χ0v) is 5.92. The highest BCUT2D eigenvalue weighted by Gasteiger charge is 2.13. The van der Waals surface area contributed by atoms with E-state index in [2.05, 4.69) is 0 Å². The molecule has 0 saturated heterocycles. The van der Waals surface area contributed by atoms with Crippen LogP contribution in [0.5, 0.6) is 0 Å². The van der Waals surface area contributed by atoms with Gasteiger partial charge in [0.2, 0.25) is 0 Å². The summed E-state index contributed by atoms with van der Waals surface area (Å²) in [6.07, 6.45) is 1.85. The van der Waals surface area contributed by atoms with Crippen molar-refractivity contribution in [3.05, 3.63) is 0 Å². The molecular formula is C6H12BNO2. The second-order valence-electron chi connectivity index (χ2n) is 2.20. The summed E-state index contributed by atoms with van der Waals surface area (Å²) in [4.78, 5) is 10.3. The van der Waals surface area contributed by atoms with Gasteiger partial charge in [0.25, 0.3) is 0 Å². The average Bonchev–Trinajstić information content (AvgIpc) is 1.89. The summed E-state index contributed by atoms with van der Waals surface area (Å²) >= 11 is 0. The second-order valence-corrected chi connectivity index (χ2v) is 2.20. The van der Waals surface area contributed by atoms with Crippen LogP contribution >= 0.6 is 0 Å². The van der Waals surface area contributed by atoms with Gasteiger partial charge in [-0.2, -0.15) is 0 Å². The van der Waals surface area contributed by atoms with Gasteiger partial charge in [-0.3, -0.25) is 4.79 Å². The summed E-state index contributed by atoms with van der Waals surface area (Å²) in [7, 11) is 5.20. The molecule has 0 aromatic heterocycles. The van der Waals surface area contributed by atoms with Gasteiger partial charge in [0.15, 0.2) is 0 Å². The van der Waals surface area contributed by atoms with Gasteiger partial charge in [0.1, 0.15) is 0 Å². The Morgan fingerprint density at radius 2 is 2.30 bits per heavy atom. The van der Waals surface area contributed by atoms with E-state index < -0.39 is 11.9 Å². The first-order chi connectivity index (χ1) is 4.72. The third-order valence-corrected chi connectivity index (χ3v) is 1.39. The van der Waals surface area contributed by atoms with E-state index in [1.165, 1.54) is 0 Å². The highest BCUT2D eigenvalue weighted by Crippen LogP contribution is 2.05. The lowest BCUT2D eigenvalue weighted by atomic mass is 9.95. The molecule has 0 aromatic rings. The number of nitrogens with two attached hydrogens (primary N) is 1. The number of aliphatic carboxylic acids is 1. The van der Waals surface area contributed by atoms with Crippen LogP contribution in [0.2, 0.25) is 6.32 Å². The van der Waals surface area contributed by atoms with E-state index >= 15 is 0 Å². The highest BCUT2D eigenvalue weighted by molar-refractivity contribution is 6.08. The van der Waals surface area contributed by atoms with Crippen molar-refractivity contribution in [2.24, 2.45) is 11.7 Å². The molecule has 0 saturated carbocycles. The second kappa shape index (κ2) is 5.29. The SMILES string of the molecule is [B]CCCC(CN)C(=O)O. The Balaban J connectivity index is 3.50. The van der Waals surface area contributed by atoms with E-state index in [-0.39, 0.29) is 6.54 Å². The normalized spacial score (nSPS) is 12.9. The molecule has 0 aliphatic heterocycles. The average molecular weight is 141 g/mol. The monoisotopic (exact) mass is 141 g/mol. The largest absolute Gasteiger partial charge is 0.481 e. The summed E-state index contributed by atoms with van der Waals surface area (Å²) in [6, 6.07) is 0. The molecule has 4 heteroatoms. The van der Waals surface area contributed by atoms with Crippen LogP contribution in [0, 0.1) is 5.92 Å². The van der Waals surface area contributed by atoms with Crippen molar-refractivity contribution in [1.82, 2.24) is 0 Å². The molecule has 0 aliphatic carbocycles. The molecule has 3 N–H and O–H groups in total. The van der Waals surface area contributed by atoms with Crippen LogP contribution < -0.4 is 5.73 Å². The summed E-state index contributed by atoms with van der Waals surface area (Å²) in [5.74, 6) is -1.24. The fourth-order valence-corrected chi connectivity index (χ4v) is 0.706. The highest BCUT2D eigenvalue weighted by atomic mass is 16.4. The molecular weight excluding hydrogens is 129 g/mol. The summed E-state index contributed by atoms with van der Waals surface area (Å²) in [5.41, 5.74) is 5.19. The third kappa shape index (κ3) is 3.51.